The molecule has 6 heteroatoms. The monoisotopic (exact) mass is 368 g/mol. The van der Waals surface area contributed by atoms with Gasteiger partial charge in [0.25, 0.3) is 5.91 Å². The molecule has 0 spiro atoms. The second kappa shape index (κ2) is 8.59. The van der Waals surface area contributed by atoms with Crippen LogP contribution in [0, 0.1) is 0 Å². The predicted molar refractivity (Wildman–Crippen MR) is 92.7 cm³/mol. The Morgan fingerprint density at radius 3 is 2.57 bits per heavy atom. The van der Waals surface area contributed by atoms with Crippen molar-refractivity contribution in [1.82, 2.24) is 10.2 Å². The fourth-order valence-corrected chi connectivity index (χ4v) is 2.26. The average molecular weight is 369 g/mol. The quantitative estimate of drug-likeness (QED) is 0.618. The second-order valence-electron chi connectivity index (χ2n) is 4.09. The summed E-state index contributed by atoms with van der Waals surface area (Å²) < 4.78 is 5.97. The van der Waals surface area contributed by atoms with E-state index in [0.717, 1.165) is 4.47 Å². The van der Waals surface area contributed by atoms with Gasteiger partial charge in [-0.2, -0.15) is 0 Å². The Labute approximate surface area is 138 Å². The number of amides is 1. The van der Waals surface area contributed by atoms with E-state index in [0.29, 0.717) is 29.5 Å². The molecule has 1 aromatic rings. The highest BCUT2D eigenvalue weighted by Gasteiger charge is 2.16. The van der Waals surface area contributed by atoms with Crippen molar-refractivity contribution in [2.45, 2.75) is 0 Å². The van der Waals surface area contributed by atoms with Gasteiger partial charge in [-0.05, 0) is 30.4 Å². The van der Waals surface area contributed by atoms with E-state index in [1.807, 2.05) is 0 Å². The molecule has 0 aliphatic heterocycles. The van der Waals surface area contributed by atoms with E-state index in [4.69, 9.17) is 17.0 Å². The highest BCUT2D eigenvalue weighted by atomic mass is 79.9. The van der Waals surface area contributed by atoms with Crippen molar-refractivity contribution >= 4 is 39.2 Å². The van der Waals surface area contributed by atoms with E-state index in [-0.39, 0.29) is 5.91 Å². The molecule has 0 saturated carbocycles. The Balaban J connectivity index is 2.89. The van der Waals surface area contributed by atoms with Crippen molar-refractivity contribution in [3.63, 3.8) is 0 Å². The molecular weight excluding hydrogens is 352 g/mol. The predicted octanol–water partition coefficient (Wildman–Crippen LogP) is 3.15. The van der Waals surface area contributed by atoms with Gasteiger partial charge >= 0.3 is 0 Å². The number of thiocarbonyl (C=S) groups is 1. The maximum Gasteiger partial charge on any atom is 0.261 e. The lowest BCUT2D eigenvalue weighted by Crippen LogP contribution is -2.42. The Hall–Kier alpha value is -1.66. The minimum absolute atomic E-state index is 0.321. The van der Waals surface area contributed by atoms with Gasteiger partial charge in [0.1, 0.15) is 5.75 Å². The molecule has 21 heavy (non-hydrogen) atoms. The number of carbonyl (C=O) groups excluding carboxylic acids is 1. The average Bonchev–Trinajstić information content (AvgIpc) is 2.46. The van der Waals surface area contributed by atoms with Gasteiger partial charge < -0.3 is 9.64 Å². The number of rotatable bonds is 6. The molecule has 0 atom stereocenters. The third-order valence-electron chi connectivity index (χ3n) is 2.61. The molecule has 0 bridgehead atoms. The minimum atomic E-state index is -0.323. The largest absolute Gasteiger partial charge is 0.496 e. The molecule has 1 N–H and O–H groups in total. The van der Waals surface area contributed by atoms with Crippen molar-refractivity contribution in [1.29, 1.82) is 0 Å². The lowest BCUT2D eigenvalue weighted by molar-refractivity contribution is 0.0971. The molecule has 1 rings (SSSR count). The summed E-state index contributed by atoms with van der Waals surface area (Å²) in [5, 5.41) is 3.01. The van der Waals surface area contributed by atoms with E-state index in [1.165, 1.54) is 7.11 Å². The zero-order valence-corrected chi connectivity index (χ0v) is 14.2. The Bertz CT molecular complexity index is 551. The summed E-state index contributed by atoms with van der Waals surface area (Å²) in [4.78, 5) is 14.1. The van der Waals surface area contributed by atoms with Crippen LogP contribution in [-0.4, -0.2) is 36.1 Å². The van der Waals surface area contributed by atoms with E-state index in [1.54, 1.807) is 35.3 Å². The van der Waals surface area contributed by atoms with Crippen LogP contribution in [0.4, 0.5) is 0 Å². The van der Waals surface area contributed by atoms with E-state index in [2.05, 4.69) is 34.4 Å². The molecule has 0 radical (unpaired) electrons. The summed E-state index contributed by atoms with van der Waals surface area (Å²) in [6, 6.07) is 5.20. The van der Waals surface area contributed by atoms with Crippen LogP contribution in [0.3, 0.4) is 0 Å². The molecule has 0 aliphatic rings. The maximum atomic E-state index is 12.3. The maximum absolute atomic E-state index is 12.3. The fourth-order valence-electron chi connectivity index (χ4n) is 1.65. The van der Waals surface area contributed by atoms with Crippen LogP contribution in [0.2, 0.25) is 0 Å². The van der Waals surface area contributed by atoms with Crippen molar-refractivity contribution in [2.24, 2.45) is 0 Å². The summed E-state index contributed by atoms with van der Waals surface area (Å²) in [6.07, 6.45) is 3.42. The van der Waals surface area contributed by atoms with Gasteiger partial charge in [0.2, 0.25) is 0 Å². The van der Waals surface area contributed by atoms with Crippen LogP contribution in [0.25, 0.3) is 0 Å². The fraction of sp³-hybridized carbons (Fsp3) is 0.200. The zero-order valence-electron chi connectivity index (χ0n) is 11.8. The van der Waals surface area contributed by atoms with Crippen LogP contribution < -0.4 is 10.1 Å². The minimum Gasteiger partial charge on any atom is -0.496 e. The van der Waals surface area contributed by atoms with Crippen LogP contribution in [0.5, 0.6) is 5.75 Å². The molecule has 4 nitrogen and oxygen atoms in total. The number of ether oxygens (including phenoxy) is 1. The molecule has 0 heterocycles. The number of nitrogens with zero attached hydrogens (tertiary/aromatic N) is 1. The molecule has 0 aliphatic carbocycles. The Kier molecular flexibility index (Phi) is 7.11. The first-order valence-corrected chi connectivity index (χ1v) is 7.39. The number of hydrogen-bond donors (Lipinski definition) is 1. The Morgan fingerprint density at radius 1 is 1.43 bits per heavy atom. The van der Waals surface area contributed by atoms with Gasteiger partial charge in [0.15, 0.2) is 5.11 Å². The number of methoxy groups -OCH3 is 1. The van der Waals surface area contributed by atoms with E-state index < -0.39 is 0 Å². The lowest BCUT2D eigenvalue weighted by Gasteiger charge is -2.22. The van der Waals surface area contributed by atoms with Crippen molar-refractivity contribution in [3.8, 4) is 5.75 Å². The number of benzene rings is 1. The van der Waals surface area contributed by atoms with Crippen molar-refractivity contribution in [2.75, 3.05) is 20.2 Å². The van der Waals surface area contributed by atoms with Crippen LogP contribution in [-0.2, 0) is 0 Å². The summed E-state index contributed by atoms with van der Waals surface area (Å²) in [6.45, 7) is 8.39. The normalized spacial score (nSPS) is 9.62. The van der Waals surface area contributed by atoms with Crippen LogP contribution in [0.15, 0.2) is 48.0 Å². The van der Waals surface area contributed by atoms with Crippen LogP contribution in [0.1, 0.15) is 10.4 Å². The summed E-state index contributed by atoms with van der Waals surface area (Å²) in [5.41, 5.74) is 0.409. The van der Waals surface area contributed by atoms with Crippen LogP contribution >= 0.6 is 28.1 Å². The molecule has 0 saturated heterocycles. The van der Waals surface area contributed by atoms with Gasteiger partial charge in [-0.3, -0.25) is 10.1 Å². The zero-order chi connectivity index (χ0) is 15.8. The number of carbonyl (C=O) groups is 1. The third kappa shape index (κ3) is 4.99. The summed E-state index contributed by atoms with van der Waals surface area (Å²) in [5.74, 6) is 0.161. The van der Waals surface area contributed by atoms with Crippen molar-refractivity contribution in [3.05, 3.63) is 53.5 Å². The number of nitrogens with one attached hydrogen (secondary N) is 1. The van der Waals surface area contributed by atoms with E-state index in [9.17, 15) is 4.79 Å². The van der Waals surface area contributed by atoms with Gasteiger partial charge in [-0.25, -0.2) is 0 Å². The van der Waals surface area contributed by atoms with Gasteiger partial charge in [0.05, 0.1) is 12.7 Å². The molecule has 0 unspecified atom stereocenters. The molecule has 0 aromatic heterocycles. The first kappa shape index (κ1) is 17.4. The molecule has 0 fully saturated rings. The highest BCUT2D eigenvalue weighted by Crippen LogP contribution is 2.22. The van der Waals surface area contributed by atoms with Gasteiger partial charge in [-0.1, -0.05) is 28.1 Å². The third-order valence-corrected chi connectivity index (χ3v) is 3.47. The first-order chi connectivity index (χ1) is 10.0. The number of halogens is 1. The standard InChI is InChI=1S/C15H17BrN2O2S/c1-4-8-18(9-5-2)15(21)17-14(19)12-10-11(16)6-7-13(12)20-3/h4-7,10H,1-2,8-9H2,3H3,(H,17,19,21). The second-order valence-corrected chi connectivity index (χ2v) is 5.39. The van der Waals surface area contributed by atoms with Gasteiger partial charge in [0, 0.05) is 17.6 Å². The van der Waals surface area contributed by atoms with Crippen molar-refractivity contribution < 1.29 is 9.53 Å². The molecule has 1 amide bonds. The molecule has 112 valence electrons. The highest BCUT2D eigenvalue weighted by molar-refractivity contribution is 9.10. The summed E-state index contributed by atoms with van der Waals surface area (Å²) >= 11 is 8.57. The molecule has 1 aromatic carbocycles. The number of hydrogen-bond acceptors (Lipinski definition) is 3. The molecular formula is C15H17BrN2O2S. The smallest absolute Gasteiger partial charge is 0.261 e. The summed E-state index contributed by atoms with van der Waals surface area (Å²) in [7, 11) is 1.51. The topological polar surface area (TPSA) is 41.6 Å². The van der Waals surface area contributed by atoms with E-state index >= 15 is 0 Å². The Morgan fingerprint density at radius 2 is 2.05 bits per heavy atom. The van der Waals surface area contributed by atoms with Gasteiger partial charge in [-0.15, -0.1) is 13.2 Å². The lowest BCUT2D eigenvalue weighted by atomic mass is 10.2. The first-order valence-electron chi connectivity index (χ1n) is 6.19. The SMILES string of the molecule is C=CCN(CC=C)C(=S)NC(=O)c1cc(Br)ccc1OC.